The molecule has 0 N–H and O–H groups in total. The average Bonchev–Trinajstić information content (AvgIpc) is 3.06. The van der Waals surface area contributed by atoms with Gasteiger partial charge in [0.25, 0.3) is 0 Å². The molecule has 1 nitrogen and oxygen atoms in total. The van der Waals surface area contributed by atoms with Crippen LogP contribution in [0.4, 0.5) is 0 Å². The maximum Gasteiger partial charge on any atom is 0.0915 e. The summed E-state index contributed by atoms with van der Waals surface area (Å²) in [7, 11) is 0. The maximum absolute atomic E-state index is 5.58. The fourth-order valence-electron chi connectivity index (χ4n) is 5.73. The molecule has 2 aliphatic carbocycles. The lowest BCUT2D eigenvalue weighted by Gasteiger charge is -2.43. The van der Waals surface area contributed by atoms with Gasteiger partial charge in [-0.3, -0.25) is 4.99 Å². The highest BCUT2D eigenvalue weighted by Crippen LogP contribution is 2.60. The van der Waals surface area contributed by atoms with Gasteiger partial charge in [-0.25, -0.2) is 0 Å². The van der Waals surface area contributed by atoms with Gasteiger partial charge < -0.3 is 0 Å². The van der Waals surface area contributed by atoms with Gasteiger partial charge in [0.15, 0.2) is 0 Å². The van der Waals surface area contributed by atoms with Crippen molar-refractivity contribution in [1.29, 1.82) is 0 Å². The molecule has 1 heterocycles. The van der Waals surface area contributed by atoms with Crippen molar-refractivity contribution in [2.75, 3.05) is 0 Å². The first-order valence-electron chi connectivity index (χ1n) is 10.1. The van der Waals surface area contributed by atoms with Gasteiger partial charge in [0.2, 0.25) is 0 Å². The highest BCUT2D eigenvalue weighted by molar-refractivity contribution is 6.07. The molecule has 1 aliphatic heterocycles. The standard InChI is InChI=1S/C26H23N/c1-2-9-19(10-3-1)24-25(15-8-16-25)18-26(27-24)17-20-11-4-5-12-21(20)22-13-6-7-14-23(22)26/h1-7,9-14H,8,15-18H2. The van der Waals surface area contributed by atoms with Crippen molar-refractivity contribution in [3.8, 4) is 11.1 Å². The molecule has 27 heavy (non-hydrogen) atoms. The first kappa shape index (κ1) is 15.4. The van der Waals surface area contributed by atoms with Gasteiger partial charge in [-0.1, -0.05) is 85.3 Å². The molecule has 0 bridgehead atoms. The zero-order valence-corrected chi connectivity index (χ0v) is 15.5. The minimum Gasteiger partial charge on any atom is -0.277 e. The Morgan fingerprint density at radius 2 is 1.41 bits per heavy atom. The second-order valence-electron chi connectivity index (χ2n) is 8.55. The molecule has 1 saturated carbocycles. The Balaban J connectivity index is 1.59. The van der Waals surface area contributed by atoms with E-state index in [9.17, 15) is 0 Å². The predicted octanol–water partition coefficient (Wildman–Crippen LogP) is 6.17. The van der Waals surface area contributed by atoms with Crippen molar-refractivity contribution in [3.63, 3.8) is 0 Å². The SMILES string of the molecule is c1ccc(C2=NC3(Cc4ccccc4-c4ccccc43)CC23CCC3)cc1. The maximum atomic E-state index is 5.58. The molecule has 6 rings (SSSR count). The van der Waals surface area contributed by atoms with Gasteiger partial charge in [0.05, 0.1) is 5.54 Å². The smallest absolute Gasteiger partial charge is 0.0915 e. The molecule has 2 spiro atoms. The molecule has 0 amide bonds. The molecule has 1 heteroatoms. The topological polar surface area (TPSA) is 12.4 Å². The fourth-order valence-corrected chi connectivity index (χ4v) is 5.73. The van der Waals surface area contributed by atoms with Crippen molar-refractivity contribution in [1.82, 2.24) is 0 Å². The van der Waals surface area contributed by atoms with Crippen LogP contribution in [0.3, 0.4) is 0 Å². The number of aliphatic imine (C=N–C) groups is 1. The summed E-state index contributed by atoms with van der Waals surface area (Å²) in [6.45, 7) is 0. The van der Waals surface area contributed by atoms with E-state index in [-0.39, 0.29) is 11.0 Å². The molecule has 1 fully saturated rings. The Hall–Kier alpha value is -2.67. The van der Waals surface area contributed by atoms with Crippen molar-refractivity contribution in [2.45, 2.75) is 37.6 Å². The first-order chi connectivity index (χ1) is 13.3. The van der Waals surface area contributed by atoms with E-state index in [1.165, 1.54) is 52.8 Å². The number of hydrogen-bond acceptors (Lipinski definition) is 1. The van der Waals surface area contributed by atoms with Crippen molar-refractivity contribution in [3.05, 3.63) is 95.6 Å². The number of hydrogen-bond donors (Lipinski definition) is 0. The summed E-state index contributed by atoms with van der Waals surface area (Å²) < 4.78 is 0. The first-order valence-corrected chi connectivity index (χ1v) is 10.1. The summed E-state index contributed by atoms with van der Waals surface area (Å²) in [5.74, 6) is 0. The minimum atomic E-state index is -0.101. The molecular weight excluding hydrogens is 326 g/mol. The number of rotatable bonds is 1. The zero-order chi connectivity index (χ0) is 17.9. The van der Waals surface area contributed by atoms with E-state index >= 15 is 0 Å². The third kappa shape index (κ3) is 2.09. The Morgan fingerprint density at radius 1 is 0.704 bits per heavy atom. The van der Waals surface area contributed by atoms with Gasteiger partial charge in [-0.15, -0.1) is 0 Å². The molecule has 3 aromatic rings. The highest BCUT2D eigenvalue weighted by Gasteiger charge is 2.55. The molecule has 0 aromatic heterocycles. The van der Waals surface area contributed by atoms with E-state index in [1.807, 2.05) is 0 Å². The van der Waals surface area contributed by atoms with E-state index in [0.717, 1.165) is 12.8 Å². The Bertz CT molecular complexity index is 1060. The molecular formula is C26H23N. The van der Waals surface area contributed by atoms with Crippen molar-refractivity contribution < 1.29 is 0 Å². The van der Waals surface area contributed by atoms with Crippen LogP contribution in [-0.4, -0.2) is 5.71 Å². The van der Waals surface area contributed by atoms with E-state index in [0.29, 0.717) is 0 Å². The minimum absolute atomic E-state index is 0.101. The van der Waals surface area contributed by atoms with E-state index in [4.69, 9.17) is 4.99 Å². The summed E-state index contributed by atoms with van der Waals surface area (Å²) in [5, 5.41) is 0. The van der Waals surface area contributed by atoms with Crippen LogP contribution >= 0.6 is 0 Å². The Morgan fingerprint density at radius 3 is 2.19 bits per heavy atom. The molecule has 0 saturated heterocycles. The number of fused-ring (bicyclic) bond motifs is 4. The number of benzene rings is 3. The van der Waals surface area contributed by atoms with Crippen LogP contribution in [0.1, 0.15) is 42.4 Å². The Kier molecular flexibility index (Phi) is 3.09. The van der Waals surface area contributed by atoms with Crippen molar-refractivity contribution >= 4 is 5.71 Å². The Labute approximate surface area is 160 Å². The monoisotopic (exact) mass is 349 g/mol. The fraction of sp³-hybridized carbons (Fsp3) is 0.269. The quantitative estimate of drug-likeness (QED) is 0.498. The average molecular weight is 349 g/mol. The highest BCUT2D eigenvalue weighted by atomic mass is 15.0. The van der Waals surface area contributed by atoms with E-state index in [2.05, 4.69) is 78.9 Å². The summed E-state index contributed by atoms with van der Waals surface area (Å²) in [6, 6.07) is 28.8. The predicted molar refractivity (Wildman–Crippen MR) is 111 cm³/mol. The van der Waals surface area contributed by atoms with Gasteiger partial charge >= 0.3 is 0 Å². The third-order valence-electron chi connectivity index (χ3n) is 7.04. The van der Waals surface area contributed by atoms with Crippen LogP contribution < -0.4 is 0 Å². The summed E-state index contributed by atoms with van der Waals surface area (Å²) >= 11 is 0. The van der Waals surface area contributed by atoms with Gasteiger partial charge in [0, 0.05) is 17.5 Å². The van der Waals surface area contributed by atoms with Crippen LogP contribution in [0.5, 0.6) is 0 Å². The van der Waals surface area contributed by atoms with Crippen LogP contribution in [0, 0.1) is 5.41 Å². The molecule has 132 valence electrons. The normalized spacial score (nSPS) is 24.2. The summed E-state index contributed by atoms with van der Waals surface area (Å²) in [5.41, 5.74) is 8.52. The largest absolute Gasteiger partial charge is 0.277 e. The van der Waals surface area contributed by atoms with E-state index < -0.39 is 0 Å². The van der Waals surface area contributed by atoms with Gasteiger partial charge in [-0.2, -0.15) is 0 Å². The molecule has 3 aromatic carbocycles. The van der Waals surface area contributed by atoms with Crippen molar-refractivity contribution in [2.24, 2.45) is 10.4 Å². The summed E-state index contributed by atoms with van der Waals surface area (Å²) in [4.78, 5) is 5.58. The lowest BCUT2D eigenvalue weighted by atomic mass is 9.59. The van der Waals surface area contributed by atoms with E-state index in [1.54, 1.807) is 0 Å². The second-order valence-corrected chi connectivity index (χ2v) is 8.55. The molecule has 1 atom stereocenters. The second kappa shape index (κ2) is 5.42. The van der Waals surface area contributed by atoms with Crippen LogP contribution in [0.25, 0.3) is 11.1 Å². The molecule has 1 unspecified atom stereocenters. The zero-order valence-electron chi connectivity index (χ0n) is 15.5. The molecule has 3 aliphatic rings. The lowest BCUT2D eigenvalue weighted by Crippen LogP contribution is -2.39. The lowest BCUT2D eigenvalue weighted by molar-refractivity contribution is 0.187. The molecule has 0 radical (unpaired) electrons. The van der Waals surface area contributed by atoms with Gasteiger partial charge in [0.1, 0.15) is 0 Å². The van der Waals surface area contributed by atoms with Gasteiger partial charge in [-0.05, 0) is 47.1 Å². The van der Waals surface area contributed by atoms with Crippen LogP contribution in [0.2, 0.25) is 0 Å². The summed E-state index contributed by atoms with van der Waals surface area (Å²) in [6.07, 6.45) is 6.09. The van der Waals surface area contributed by atoms with Crippen LogP contribution in [0.15, 0.2) is 83.9 Å². The number of nitrogens with zero attached hydrogens (tertiary/aromatic N) is 1. The van der Waals surface area contributed by atoms with Crippen LogP contribution in [-0.2, 0) is 12.0 Å². The third-order valence-corrected chi connectivity index (χ3v) is 7.04.